The van der Waals surface area contributed by atoms with Crippen LogP contribution in [0.3, 0.4) is 0 Å². The molecule has 5 heteroatoms. The number of aliphatic carboxylic acids is 1. The van der Waals surface area contributed by atoms with Crippen LogP contribution in [-0.2, 0) is 16.1 Å². The van der Waals surface area contributed by atoms with E-state index in [4.69, 9.17) is 0 Å². The Morgan fingerprint density at radius 3 is 2.47 bits per heavy atom. The van der Waals surface area contributed by atoms with Crippen molar-refractivity contribution >= 4 is 23.6 Å². The normalized spacial score (nSPS) is 9.94. The average molecular weight is 252 g/mol. The number of hydrogen-bond acceptors (Lipinski definition) is 4. The summed E-state index contributed by atoms with van der Waals surface area (Å²) in [5.41, 5.74) is 2.19. The Morgan fingerprint density at radius 2 is 1.88 bits per heavy atom. The van der Waals surface area contributed by atoms with E-state index in [0.717, 1.165) is 17.3 Å². The third kappa shape index (κ3) is 5.97. The van der Waals surface area contributed by atoms with Crippen molar-refractivity contribution in [1.29, 1.82) is 0 Å². The van der Waals surface area contributed by atoms with Gasteiger partial charge in [0.1, 0.15) is 0 Å². The van der Waals surface area contributed by atoms with Gasteiger partial charge in [-0.25, -0.2) is 0 Å². The van der Waals surface area contributed by atoms with E-state index in [-0.39, 0.29) is 17.4 Å². The fourth-order valence-corrected chi connectivity index (χ4v) is 1.74. The standard InChI is InChI=1S/C12H15NO3S/c1-9-2-4-10(5-3-9)6-13-11(14)7-17-8-12(15)16/h2-5H,6-8H2,1H3,(H,13,14)(H,15,16)/p-1. The minimum absolute atomic E-state index is 0.139. The number of aryl methyl sites for hydroxylation is 1. The molecule has 0 saturated carbocycles. The number of hydrogen-bond donors (Lipinski definition) is 1. The number of carboxylic acid groups (broad SMARTS) is 1. The van der Waals surface area contributed by atoms with Crippen molar-refractivity contribution < 1.29 is 14.7 Å². The van der Waals surface area contributed by atoms with Gasteiger partial charge in [-0.3, -0.25) is 4.79 Å². The molecule has 0 saturated heterocycles. The molecule has 0 aliphatic heterocycles. The zero-order valence-corrected chi connectivity index (χ0v) is 10.4. The largest absolute Gasteiger partial charge is 0.549 e. The van der Waals surface area contributed by atoms with Gasteiger partial charge in [-0.05, 0) is 12.5 Å². The van der Waals surface area contributed by atoms with Crippen molar-refractivity contribution in [2.24, 2.45) is 0 Å². The topological polar surface area (TPSA) is 69.2 Å². The van der Waals surface area contributed by atoms with Gasteiger partial charge in [0.25, 0.3) is 0 Å². The monoisotopic (exact) mass is 252 g/mol. The molecule has 4 nitrogen and oxygen atoms in total. The Hall–Kier alpha value is -1.49. The van der Waals surface area contributed by atoms with Crippen LogP contribution in [-0.4, -0.2) is 23.4 Å². The zero-order valence-electron chi connectivity index (χ0n) is 9.56. The summed E-state index contributed by atoms with van der Waals surface area (Å²) in [5.74, 6) is -1.34. The fraction of sp³-hybridized carbons (Fsp3) is 0.333. The maximum absolute atomic E-state index is 11.3. The summed E-state index contributed by atoms with van der Waals surface area (Å²) in [6.45, 7) is 2.46. The molecule has 0 spiro atoms. The van der Waals surface area contributed by atoms with E-state index in [2.05, 4.69) is 5.32 Å². The van der Waals surface area contributed by atoms with Gasteiger partial charge in [-0.2, -0.15) is 0 Å². The van der Waals surface area contributed by atoms with Crippen LogP contribution in [0.4, 0.5) is 0 Å². The van der Waals surface area contributed by atoms with Crippen LogP contribution in [0, 0.1) is 6.92 Å². The second-order valence-corrected chi connectivity index (χ2v) is 4.61. The third-order valence-electron chi connectivity index (χ3n) is 2.06. The molecule has 1 rings (SSSR count). The summed E-state index contributed by atoms with van der Waals surface area (Å²) < 4.78 is 0. The van der Waals surface area contributed by atoms with Gasteiger partial charge >= 0.3 is 0 Å². The molecule has 0 atom stereocenters. The highest BCUT2D eigenvalue weighted by molar-refractivity contribution is 8.00. The van der Waals surface area contributed by atoms with E-state index < -0.39 is 5.97 Å². The Balaban J connectivity index is 2.23. The van der Waals surface area contributed by atoms with E-state index in [0.29, 0.717) is 6.54 Å². The highest BCUT2D eigenvalue weighted by Gasteiger charge is 2.01. The van der Waals surface area contributed by atoms with Crippen molar-refractivity contribution in [3.8, 4) is 0 Å². The van der Waals surface area contributed by atoms with Gasteiger partial charge in [0.2, 0.25) is 5.91 Å². The van der Waals surface area contributed by atoms with Crippen LogP contribution >= 0.6 is 11.8 Å². The van der Waals surface area contributed by atoms with Crippen molar-refractivity contribution in [3.63, 3.8) is 0 Å². The lowest BCUT2D eigenvalue weighted by Crippen LogP contribution is -2.28. The van der Waals surface area contributed by atoms with Crippen LogP contribution in [0.2, 0.25) is 0 Å². The lowest BCUT2D eigenvalue weighted by molar-refractivity contribution is -0.301. The third-order valence-corrected chi connectivity index (χ3v) is 2.97. The van der Waals surface area contributed by atoms with E-state index in [1.807, 2.05) is 31.2 Å². The van der Waals surface area contributed by atoms with Crippen LogP contribution in [0.5, 0.6) is 0 Å². The van der Waals surface area contributed by atoms with Gasteiger partial charge in [-0.15, -0.1) is 11.8 Å². The first-order valence-corrected chi connectivity index (χ1v) is 6.33. The first-order chi connectivity index (χ1) is 8.08. The SMILES string of the molecule is Cc1ccc(CNC(=O)CSCC(=O)[O-])cc1. The minimum atomic E-state index is -1.15. The summed E-state index contributed by atoms with van der Waals surface area (Å²) >= 11 is 1.03. The Labute approximate surface area is 104 Å². The number of nitrogens with one attached hydrogen (secondary N) is 1. The lowest BCUT2D eigenvalue weighted by Gasteiger charge is -2.06. The van der Waals surface area contributed by atoms with Gasteiger partial charge in [0.05, 0.1) is 11.7 Å². The second kappa shape index (κ2) is 6.96. The predicted octanol–water partition coefficient (Wildman–Crippen LogP) is 0.0943. The Morgan fingerprint density at radius 1 is 1.24 bits per heavy atom. The first kappa shape index (κ1) is 13.6. The maximum Gasteiger partial charge on any atom is 0.230 e. The van der Waals surface area contributed by atoms with Gasteiger partial charge in [-0.1, -0.05) is 29.8 Å². The van der Waals surface area contributed by atoms with Gasteiger partial charge < -0.3 is 15.2 Å². The van der Waals surface area contributed by atoms with E-state index in [1.54, 1.807) is 0 Å². The first-order valence-electron chi connectivity index (χ1n) is 5.18. The van der Waals surface area contributed by atoms with Crippen LogP contribution < -0.4 is 10.4 Å². The molecule has 1 aromatic rings. The molecule has 1 amide bonds. The Kier molecular flexibility index (Phi) is 5.56. The van der Waals surface area contributed by atoms with E-state index in [9.17, 15) is 14.7 Å². The van der Waals surface area contributed by atoms with Gasteiger partial charge in [0, 0.05) is 12.3 Å². The number of amides is 1. The lowest BCUT2D eigenvalue weighted by atomic mass is 10.1. The van der Waals surface area contributed by atoms with Crippen LogP contribution in [0.25, 0.3) is 0 Å². The molecule has 0 heterocycles. The molecule has 17 heavy (non-hydrogen) atoms. The molecule has 0 aliphatic rings. The number of carbonyl (C=O) groups is 2. The van der Waals surface area contributed by atoms with E-state index >= 15 is 0 Å². The summed E-state index contributed by atoms with van der Waals surface area (Å²) in [6, 6.07) is 7.85. The maximum atomic E-state index is 11.3. The summed E-state index contributed by atoms with van der Waals surface area (Å²) in [5, 5.41) is 12.8. The van der Waals surface area contributed by atoms with Crippen molar-refractivity contribution in [2.75, 3.05) is 11.5 Å². The summed E-state index contributed by atoms with van der Waals surface area (Å²) in [4.78, 5) is 21.4. The molecule has 0 fully saturated rings. The molecule has 0 unspecified atom stereocenters. The van der Waals surface area contributed by atoms with Gasteiger partial charge in [0.15, 0.2) is 0 Å². The zero-order chi connectivity index (χ0) is 12.7. The summed E-state index contributed by atoms with van der Waals surface area (Å²) in [6.07, 6.45) is 0. The molecule has 1 N–H and O–H groups in total. The summed E-state index contributed by atoms with van der Waals surface area (Å²) in [7, 11) is 0. The molecule has 0 aromatic heterocycles. The van der Waals surface area contributed by atoms with Crippen molar-refractivity contribution in [3.05, 3.63) is 35.4 Å². The predicted molar refractivity (Wildman–Crippen MR) is 65.4 cm³/mol. The van der Waals surface area contributed by atoms with E-state index in [1.165, 1.54) is 5.56 Å². The smallest absolute Gasteiger partial charge is 0.230 e. The number of thioether (sulfide) groups is 1. The van der Waals surface area contributed by atoms with Crippen LogP contribution in [0.1, 0.15) is 11.1 Å². The molecular weight excluding hydrogens is 238 g/mol. The number of carboxylic acids is 1. The quantitative estimate of drug-likeness (QED) is 0.779. The molecule has 92 valence electrons. The number of carbonyl (C=O) groups excluding carboxylic acids is 2. The Bertz CT molecular complexity index is 389. The van der Waals surface area contributed by atoms with Crippen molar-refractivity contribution in [1.82, 2.24) is 5.32 Å². The minimum Gasteiger partial charge on any atom is -0.549 e. The second-order valence-electron chi connectivity index (χ2n) is 3.63. The molecule has 0 bridgehead atoms. The molecule has 0 radical (unpaired) electrons. The molecule has 0 aliphatic carbocycles. The highest BCUT2D eigenvalue weighted by Crippen LogP contribution is 2.03. The van der Waals surface area contributed by atoms with Crippen LogP contribution in [0.15, 0.2) is 24.3 Å². The number of benzene rings is 1. The highest BCUT2D eigenvalue weighted by atomic mass is 32.2. The number of rotatable bonds is 6. The molecular formula is C12H14NO3S-. The average Bonchev–Trinajstić information content (AvgIpc) is 2.28. The fourth-order valence-electron chi connectivity index (χ4n) is 1.18. The molecule has 1 aromatic carbocycles. The van der Waals surface area contributed by atoms with Crippen molar-refractivity contribution in [2.45, 2.75) is 13.5 Å².